The molecule has 30 heavy (non-hydrogen) atoms. The van der Waals surface area contributed by atoms with E-state index in [1.807, 2.05) is 0 Å². The Kier molecular flexibility index (Phi) is 7.30. The first-order valence-electron chi connectivity index (χ1n) is 9.03. The predicted octanol–water partition coefficient (Wildman–Crippen LogP) is 3.41. The quantitative estimate of drug-likeness (QED) is 0.645. The van der Waals surface area contributed by atoms with Crippen molar-refractivity contribution >= 4 is 25.6 Å². The van der Waals surface area contributed by atoms with E-state index < -0.39 is 36.3 Å². The van der Waals surface area contributed by atoms with E-state index >= 15 is 0 Å². The van der Waals surface area contributed by atoms with Gasteiger partial charge < -0.3 is 4.74 Å². The van der Waals surface area contributed by atoms with Gasteiger partial charge in [0.1, 0.15) is 12.3 Å². The Labute approximate surface area is 174 Å². The lowest BCUT2D eigenvalue weighted by atomic mass is 10.3. The number of ether oxygens (including phenoxy) is 1. The van der Waals surface area contributed by atoms with Crippen LogP contribution in [0.2, 0.25) is 0 Å². The van der Waals surface area contributed by atoms with Crippen LogP contribution >= 0.6 is 0 Å². The number of rotatable bonds is 6. The van der Waals surface area contributed by atoms with Crippen LogP contribution in [0.25, 0.3) is 0 Å². The van der Waals surface area contributed by atoms with E-state index in [9.17, 15) is 25.6 Å². The lowest BCUT2D eigenvalue weighted by Crippen LogP contribution is -2.28. The van der Waals surface area contributed by atoms with Gasteiger partial charge in [-0.2, -0.15) is 8.78 Å². The zero-order chi connectivity index (χ0) is 22.6. The Morgan fingerprint density at radius 3 is 2.53 bits per heavy atom. The third-order valence-corrected chi connectivity index (χ3v) is 7.85. The molecule has 0 spiro atoms. The predicted molar refractivity (Wildman–Crippen MR) is 110 cm³/mol. The lowest BCUT2D eigenvalue weighted by Gasteiger charge is -2.16. The molecule has 0 fully saturated rings. The van der Waals surface area contributed by atoms with Gasteiger partial charge >= 0.3 is 5.25 Å². The Hall–Kier alpha value is -2.40. The third kappa shape index (κ3) is 5.01. The molecule has 1 aliphatic heterocycles. The summed E-state index contributed by atoms with van der Waals surface area (Å²) in [4.78, 5) is 7.48. The molecule has 0 saturated carbocycles. The highest BCUT2D eigenvalue weighted by molar-refractivity contribution is 7.96. The number of aliphatic imine (C=N–C) groups is 1. The minimum Gasteiger partial charge on any atom is -0.472 e. The maximum Gasteiger partial charge on any atom is 0.349 e. The number of aromatic nitrogens is 1. The molecular weight excluding hydrogens is 438 g/mol. The average Bonchev–Trinajstić information content (AvgIpc) is 2.71. The summed E-state index contributed by atoms with van der Waals surface area (Å²) < 4.78 is 83.0. The van der Waals surface area contributed by atoms with Crippen molar-refractivity contribution in [3.63, 3.8) is 0 Å². The third-order valence-electron chi connectivity index (χ3n) is 4.15. The summed E-state index contributed by atoms with van der Waals surface area (Å²) in [5, 5.41) is -3.94. The molecule has 0 radical (unpaired) electrons. The molecule has 1 aromatic rings. The molecule has 0 atom stereocenters. The van der Waals surface area contributed by atoms with Crippen molar-refractivity contribution in [1.29, 1.82) is 0 Å². The first-order chi connectivity index (χ1) is 14.0. The highest BCUT2D eigenvalue weighted by atomic mass is 32.2. The molecule has 0 bridgehead atoms. The summed E-state index contributed by atoms with van der Waals surface area (Å²) in [5.41, 5.74) is -0.0270. The second-order valence-corrected chi connectivity index (χ2v) is 10.6. The van der Waals surface area contributed by atoms with Crippen molar-refractivity contribution in [3.8, 4) is 0 Å². The van der Waals surface area contributed by atoms with Gasteiger partial charge in [0.05, 0.1) is 15.6 Å². The number of hydrogen-bond acceptors (Lipinski definition) is 7. The van der Waals surface area contributed by atoms with Gasteiger partial charge in [-0.25, -0.2) is 26.8 Å². The van der Waals surface area contributed by atoms with Crippen molar-refractivity contribution in [2.75, 3.05) is 12.4 Å². The van der Waals surface area contributed by atoms with Crippen molar-refractivity contribution in [2.24, 2.45) is 4.99 Å². The van der Waals surface area contributed by atoms with Crippen LogP contribution in [0.15, 0.2) is 63.1 Å². The van der Waals surface area contributed by atoms with Crippen LogP contribution in [0.3, 0.4) is 0 Å². The Bertz CT molecular complexity index is 1140. The van der Waals surface area contributed by atoms with Crippen LogP contribution in [0.4, 0.5) is 8.78 Å². The first kappa shape index (κ1) is 23.9. The summed E-state index contributed by atoms with van der Waals surface area (Å²) >= 11 is 0. The fourth-order valence-corrected chi connectivity index (χ4v) is 4.77. The minimum atomic E-state index is -4.95. The van der Waals surface area contributed by atoms with Gasteiger partial charge in [0.25, 0.3) is 0 Å². The molecule has 1 aliphatic rings. The molecule has 2 rings (SSSR count). The highest BCUT2D eigenvalue weighted by Crippen LogP contribution is 2.32. The molecule has 0 saturated heterocycles. The van der Waals surface area contributed by atoms with Gasteiger partial charge in [-0.15, -0.1) is 0 Å². The number of sulfone groups is 2. The smallest absolute Gasteiger partial charge is 0.349 e. The van der Waals surface area contributed by atoms with Gasteiger partial charge in [-0.05, 0) is 37.3 Å². The molecule has 164 valence electrons. The van der Waals surface area contributed by atoms with Gasteiger partial charge in [-0.3, -0.25) is 0 Å². The Balaban J connectivity index is 2.64. The van der Waals surface area contributed by atoms with E-state index in [2.05, 4.69) is 9.98 Å². The Morgan fingerprint density at radius 2 is 1.90 bits per heavy atom. The van der Waals surface area contributed by atoms with Gasteiger partial charge in [-0.1, -0.05) is 19.9 Å². The largest absolute Gasteiger partial charge is 0.472 e. The molecule has 2 heterocycles. The zero-order valence-electron chi connectivity index (χ0n) is 16.7. The van der Waals surface area contributed by atoms with Gasteiger partial charge in [0.15, 0.2) is 9.84 Å². The van der Waals surface area contributed by atoms with Gasteiger partial charge in [0.2, 0.25) is 15.7 Å². The minimum absolute atomic E-state index is 0.0209. The fraction of sp³-hybridized carbons (Fsp3) is 0.368. The van der Waals surface area contributed by atoms with Crippen molar-refractivity contribution < 1.29 is 30.4 Å². The summed E-state index contributed by atoms with van der Waals surface area (Å²) in [6.45, 7) is 3.83. The summed E-state index contributed by atoms with van der Waals surface area (Å²) in [6.07, 6.45) is 5.16. The molecule has 1 aromatic heterocycles. The second kappa shape index (κ2) is 9.17. The SMILES string of the molecule is CCC(F)(F)S(=O)(=O)C1=C/C=C/CO/C(c2ncccc2S(=O)(=O)CC)=N\C(C)=C\1. The van der Waals surface area contributed by atoms with E-state index in [1.54, 1.807) is 0 Å². The van der Waals surface area contributed by atoms with Crippen LogP contribution in [0.5, 0.6) is 0 Å². The van der Waals surface area contributed by atoms with Crippen molar-refractivity contribution in [1.82, 2.24) is 4.98 Å². The highest BCUT2D eigenvalue weighted by Gasteiger charge is 2.44. The van der Waals surface area contributed by atoms with E-state index in [-0.39, 0.29) is 34.5 Å². The van der Waals surface area contributed by atoms with Crippen LogP contribution in [-0.2, 0) is 24.4 Å². The number of halogens is 2. The number of pyridine rings is 1. The molecule has 0 amide bonds. The van der Waals surface area contributed by atoms with E-state index in [4.69, 9.17) is 4.74 Å². The van der Waals surface area contributed by atoms with Crippen LogP contribution in [0, 0.1) is 0 Å². The standard InChI is InChI=1S/C19H22F2N2O5S2/c1-4-19(20,21)30(26,27)15-9-6-7-12-28-18(23-14(3)13-15)17-16(10-8-11-22-17)29(24,25)5-2/h6-11,13H,4-5,12H2,1-3H3/b7-6+,14-13+,15-9+,23-18-. The second-order valence-electron chi connectivity index (χ2n) is 6.26. The van der Waals surface area contributed by atoms with Crippen molar-refractivity contribution in [2.45, 2.75) is 37.3 Å². The summed E-state index contributed by atoms with van der Waals surface area (Å²) in [7, 11) is -8.61. The van der Waals surface area contributed by atoms with Crippen LogP contribution in [0.1, 0.15) is 32.9 Å². The molecule has 11 heteroatoms. The normalized spacial score (nSPS) is 22.5. The number of nitrogens with zero attached hydrogens (tertiary/aromatic N) is 2. The van der Waals surface area contributed by atoms with Crippen LogP contribution < -0.4 is 0 Å². The first-order valence-corrected chi connectivity index (χ1v) is 12.2. The van der Waals surface area contributed by atoms with Crippen molar-refractivity contribution in [3.05, 3.63) is 58.9 Å². The fourth-order valence-electron chi connectivity index (χ4n) is 2.43. The average molecular weight is 461 g/mol. The monoisotopic (exact) mass is 460 g/mol. The maximum absolute atomic E-state index is 14.0. The van der Waals surface area contributed by atoms with Gasteiger partial charge in [0, 0.05) is 18.3 Å². The molecule has 0 N–H and O–H groups in total. The molecule has 0 aliphatic carbocycles. The number of alkyl halides is 2. The summed E-state index contributed by atoms with van der Waals surface area (Å²) in [5.74, 6) is -0.341. The summed E-state index contributed by atoms with van der Waals surface area (Å²) in [6, 6.07) is 2.81. The lowest BCUT2D eigenvalue weighted by molar-refractivity contribution is 0.0891. The Morgan fingerprint density at radius 1 is 1.20 bits per heavy atom. The zero-order valence-corrected chi connectivity index (χ0v) is 18.3. The molecule has 0 aromatic carbocycles. The maximum atomic E-state index is 14.0. The van der Waals surface area contributed by atoms with E-state index in [1.165, 1.54) is 44.3 Å². The number of hydrogen-bond donors (Lipinski definition) is 0. The topological polar surface area (TPSA) is 103 Å². The number of allylic oxidation sites excluding steroid dienone is 4. The molecule has 0 unspecified atom stereocenters. The van der Waals surface area contributed by atoms with E-state index in [0.29, 0.717) is 0 Å². The molecular formula is C19H22F2N2O5S2. The van der Waals surface area contributed by atoms with Crippen LogP contribution in [-0.4, -0.2) is 45.3 Å². The molecule has 7 nitrogen and oxygen atoms in total. The van der Waals surface area contributed by atoms with E-state index in [0.717, 1.165) is 19.1 Å².